The topological polar surface area (TPSA) is 77.0 Å². The molecule has 3 rings (SSSR count). The minimum Gasteiger partial charge on any atom is -0.490 e. The molecule has 0 radical (unpaired) electrons. The van der Waals surface area contributed by atoms with Crippen LogP contribution < -0.4 is 19.5 Å². The van der Waals surface area contributed by atoms with Gasteiger partial charge in [-0.15, -0.1) is 11.8 Å². The number of carboxylic acids is 1. The highest BCUT2D eigenvalue weighted by Gasteiger charge is 2.31. The molecule has 1 aliphatic rings. The van der Waals surface area contributed by atoms with Crippen molar-refractivity contribution in [2.75, 3.05) is 25.6 Å². The van der Waals surface area contributed by atoms with Crippen LogP contribution in [0.25, 0.3) is 0 Å². The van der Waals surface area contributed by atoms with Gasteiger partial charge < -0.3 is 19.3 Å². The zero-order chi connectivity index (χ0) is 22.5. The molecule has 31 heavy (non-hydrogen) atoms. The Morgan fingerprint density at radius 2 is 1.87 bits per heavy atom. The van der Waals surface area contributed by atoms with Gasteiger partial charge in [0.25, 0.3) is 0 Å². The number of nitrogens with one attached hydrogen (secondary N) is 1. The fourth-order valence-corrected chi connectivity index (χ4v) is 4.88. The van der Waals surface area contributed by atoms with Gasteiger partial charge >= 0.3 is 5.97 Å². The van der Waals surface area contributed by atoms with Crippen LogP contribution in [0.4, 0.5) is 0 Å². The van der Waals surface area contributed by atoms with E-state index in [0.717, 1.165) is 22.4 Å². The van der Waals surface area contributed by atoms with E-state index >= 15 is 0 Å². The minimum atomic E-state index is -0.856. The second-order valence-corrected chi connectivity index (χ2v) is 8.98. The summed E-state index contributed by atoms with van der Waals surface area (Å²) >= 11 is 8.04. The van der Waals surface area contributed by atoms with E-state index in [2.05, 4.69) is 18.3 Å². The molecule has 6 nitrogen and oxygen atoms in total. The smallest absolute Gasteiger partial charge is 0.321 e. The van der Waals surface area contributed by atoms with Crippen molar-refractivity contribution in [1.82, 2.24) is 5.32 Å². The van der Waals surface area contributed by atoms with Gasteiger partial charge in [-0.05, 0) is 68.1 Å². The van der Waals surface area contributed by atoms with Crippen molar-refractivity contribution >= 4 is 29.3 Å². The molecule has 1 saturated heterocycles. The Balaban J connectivity index is 1.67. The lowest BCUT2D eigenvalue weighted by Crippen LogP contribution is -2.33. The van der Waals surface area contributed by atoms with Gasteiger partial charge in [0.2, 0.25) is 0 Å². The maximum absolute atomic E-state index is 11.2. The number of hydrogen-bond acceptors (Lipinski definition) is 6. The summed E-state index contributed by atoms with van der Waals surface area (Å²) in [6, 6.07) is 7.22. The largest absolute Gasteiger partial charge is 0.490 e. The van der Waals surface area contributed by atoms with Crippen LogP contribution in [-0.4, -0.2) is 42.7 Å². The molecule has 8 heteroatoms. The van der Waals surface area contributed by atoms with Crippen LogP contribution >= 0.6 is 23.4 Å². The van der Waals surface area contributed by atoms with Crippen molar-refractivity contribution in [1.29, 1.82) is 0 Å². The molecule has 0 amide bonds. The van der Waals surface area contributed by atoms with Gasteiger partial charge in [0.1, 0.15) is 25.0 Å². The van der Waals surface area contributed by atoms with E-state index in [-0.39, 0.29) is 5.37 Å². The number of aliphatic carboxylic acids is 1. The zero-order valence-corrected chi connectivity index (χ0v) is 19.7. The van der Waals surface area contributed by atoms with Gasteiger partial charge in [-0.3, -0.25) is 10.1 Å². The number of benzene rings is 2. The summed E-state index contributed by atoms with van der Waals surface area (Å²) < 4.78 is 17.6. The normalized spacial score (nSPS) is 18.1. The van der Waals surface area contributed by atoms with Gasteiger partial charge in [-0.25, -0.2) is 0 Å². The average molecular weight is 466 g/mol. The number of carbonyl (C=O) groups is 1. The van der Waals surface area contributed by atoms with Crippen LogP contribution in [0.2, 0.25) is 5.02 Å². The van der Waals surface area contributed by atoms with E-state index in [4.69, 9.17) is 25.8 Å². The molecule has 2 atom stereocenters. The van der Waals surface area contributed by atoms with Gasteiger partial charge in [-0.2, -0.15) is 0 Å². The number of halogens is 1. The van der Waals surface area contributed by atoms with E-state index in [1.54, 1.807) is 6.07 Å². The number of ether oxygens (including phenoxy) is 3. The number of rotatable bonds is 9. The fraction of sp³-hybridized carbons (Fsp3) is 0.435. The van der Waals surface area contributed by atoms with Crippen molar-refractivity contribution in [2.45, 2.75) is 39.1 Å². The highest BCUT2D eigenvalue weighted by molar-refractivity contribution is 7.99. The predicted octanol–water partition coefficient (Wildman–Crippen LogP) is 4.91. The first-order valence-electron chi connectivity index (χ1n) is 10.2. The molecule has 0 bridgehead atoms. The van der Waals surface area contributed by atoms with Crippen molar-refractivity contribution in [3.8, 4) is 17.2 Å². The second-order valence-electron chi connectivity index (χ2n) is 7.44. The van der Waals surface area contributed by atoms with Crippen LogP contribution in [0, 0.1) is 20.8 Å². The SMILES string of the molecule is CCOc1cc(C2NC(C(=O)O)CS2)cc(Cl)c1OCCOc1cc(C)cc(C)c1C. The Morgan fingerprint density at radius 1 is 1.13 bits per heavy atom. The van der Waals surface area contributed by atoms with Crippen LogP contribution in [0.1, 0.15) is 34.6 Å². The van der Waals surface area contributed by atoms with Crippen molar-refractivity contribution in [3.63, 3.8) is 0 Å². The van der Waals surface area contributed by atoms with Gasteiger partial charge in [0.05, 0.1) is 17.0 Å². The standard InChI is InChI=1S/C23H28ClNO5S/c1-5-28-20-11-16(22-25-18(12-31-22)23(26)27)10-17(24)21(20)30-7-6-29-19-9-13(2)8-14(3)15(19)4/h8-11,18,22,25H,5-7,12H2,1-4H3,(H,26,27). The van der Waals surface area contributed by atoms with E-state index in [1.807, 2.05) is 32.9 Å². The Labute approximate surface area is 192 Å². The maximum Gasteiger partial charge on any atom is 0.321 e. The third-order valence-corrected chi connectivity index (χ3v) is 6.61. The molecule has 0 aromatic heterocycles. The number of hydrogen-bond donors (Lipinski definition) is 2. The maximum atomic E-state index is 11.2. The summed E-state index contributed by atoms with van der Waals surface area (Å²) in [6.45, 7) is 9.17. The van der Waals surface area contributed by atoms with Crippen LogP contribution in [0.3, 0.4) is 0 Å². The molecule has 0 aliphatic carbocycles. The van der Waals surface area contributed by atoms with Gasteiger partial charge in [-0.1, -0.05) is 17.7 Å². The first-order valence-corrected chi connectivity index (χ1v) is 11.6. The second kappa shape index (κ2) is 10.5. The third kappa shape index (κ3) is 5.79. The average Bonchev–Trinajstić information content (AvgIpc) is 3.21. The molecular weight excluding hydrogens is 438 g/mol. The van der Waals surface area contributed by atoms with E-state index in [9.17, 15) is 9.90 Å². The molecule has 2 aromatic rings. The zero-order valence-electron chi connectivity index (χ0n) is 18.2. The lowest BCUT2D eigenvalue weighted by Gasteiger charge is -2.18. The lowest BCUT2D eigenvalue weighted by atomic mass is 10.1. The summed E-state index contributed by atoms with van der Waals surface area (Å²) in [6.07, 6.45) is 0. The number of aryl methyl sites for hydroxylation is 2. The van der Waals surface area contributed by atoms with Crippen molar-refractivity contribution in [3.05, 3.63) is 51.5 Å². The Hall–Kier alpha value is -2.09. The summed E-state index contributed by atoms with van der Waals surface area (Å²) in [5.74, 6) is 1.49. The predicted molar refractivity (Wildman–Crippen MR) is 124 cm³/mol. The molecular formula is C23H28ClNO5S. The third-order valence-electron chi connectivity index (χ3n) is 5.07. The van der Waals surface area contributed by atoms with Crippen LogP contribution in [0.5, 0.6) is 17.2 Å². The first-order chi connectivity index (χ1) is 14.8. The Morgan fingerprint density at radius 3 is 2.55 bits per heavy atom. The molecule has 1 aliphatic heterocycles. The quantitative estimate of drug-likeness (QED) is 0.509. The highest BCUT2D eigenvalue weighted by atomic mass is 35.5. The van der Waals surface area contributed by atoms with E-state index in [0.29, 0.717) is 42.1 Å². The molecule has 2 unspecified atom stereocenters. The molecule has 168 valence electrons. The molecule has 1 heterocycles. The number of carboxylic acid groups (broad SMARTS) is 1. The molecule has 0 spiro atoms. The Kier molecular flexibility index (Phi) is 7.97. The summed E-state index contributed by atoms with van der Waals surface area (Å²) in [4.78, 5) is 11.2. The summed E-state index contributed by atoms with van der Waals surface area (Å²) in [5.41, 5.74) is 4.32. The van der Waals surface area contributed by atoms with Crippen LogP contribution in [-0.2, 0) is 4.79 Å². The summed E-state index contributed by atoms with van der Waals surface area (Å²) in [7, 11) is 0. The molecule has 2 aromatic carbocycles. The van der Waals surface area contributed by atoms with Gasteiger partial charge in [0.15, 0.2) is 11.5 Å². The highest BCUT2D eigenvalue weighted by Crippen LogP contribution is 2.42. The van der Waals surface area contributed by atoms with E-state index in [1.165, 1.54) is 17.3 Å². The van der Waals surface area contributed by atoms with Crippen LogP contribution in [0.15, 0.2) is 24.3 Å². The van der Waals surface area contributed by atoms with Crippen molar-refractivity contribution in [2.24, 2.45) is 0 Å². The lowest BCUT2D eigenvalue weighted by molar-refractivity contribution is -0.138. The summed E-state index contributed by atoms with van der Waals surface area (Å²) in [5, 5.41) is 12.6. The van der Waals surface area contributed by atoms with Crippen molar-refractivity contribution < 1.29 is 24.1 Å². The Bertz CT molecular complexity index is 952. The monoisotopic (exact) mass is 465 g/mol. The fourth-order valence-electron chi connectivity index (χ4n) is 3.39. The van der Waals surface area contributed by atoms with Gasteiger partial charge in [0, 0.05) is 5.75 Å². The molecule has 1 fully saturated rings. The molecule has 0 saturated carbocycles. The first kappa shape index (κ1) is 23.6. The molecule has 2 N–H and O–H groups in total. The minimum absolute atomic E-state index is 0.164. The van der Waals surface area contributed by atoms with E-state index < -0.39 is 12.0 Å². The number of thioether (sulfide) groups is 1.